The summed E-state index contributed by atoms with van der Waals surface area (Å²) >= 11 is 7.61. The molecule has 35 heavy (non-hydrogen) atoms. The highest BCUT2D eigenvalue weighted by atomic mass is 35.5. The lowest BCUT2D eigenvalue weighted by Gasteiger charge is -2.23. The molecular weight excluding hydrogens is 504 g/mol. The molecule has 1 aromatic heterocycles. The average Bonchev–Trinajstić information content (AvgIpc) is 3.22. The van der Waals surface area contributed by atoms with Crippen molar-refractivity contribution < 1.29 is 13.2 Å². The van der Waals surface area contributed by atoms with Crippen LogP contribution in [0.1, 0.15) is 13.8 Å². The molecule has 0 aliphatic carbocycles. The molecule has 1 N–H and O–H groups in total. The number of nitrogens with one attached hydrogen (secondary N) is 1. The SMILES string of the molecule is CCN(c1ccccc1)S(=O)(=O)c1ccc(Cl)c(NC(=O)CSc2nc3ccccc3n2CC)c1. The highest BCUT2D eigenvalue weighted by Crippen LogP contribution is 2.30. The first-order valence-electron chi connectivity index (χ1n) is 11.1. The summed E-state index contributed by atoms with van der Waals surface area (Å²) in [6, 6.07) is 21.0. The molecule has 0 spiro atoms. The summed E-state index contributed by atoms with van der Waals surface area (Å²) in [5.41, 5.74) is 2.69. The normalized spacial score (nSPS) is 11.5. The first kappa shape index (κ1) is 25.1. The second-order valence-electron chi connectivity index (χ2n) is 7.61. The van der Waals surface area contributed by atoms with Gasteiger partial charge in [-0.15, -0.1) is 0 Å². The number of nitrogens with zero attached hydrogens (tertiary/aromatic N) is 3. The number of halogens is 1. The molecule has 0 aliphatic heterocycles. The average molecular weight is 529 g/mol. The number of thioether (sulfide) groups is 1. The van der Waals surface area contributed by atoms with Gasteiger partial charge in [0.1, 0.15) is 0 Å². The fourth-order valence-corrected chi connectivity index (χ4v) is 6.30. The smallest absolute Gasteiger partial charge is 0.264 e. The van der Waals surface area contributed by atoms with Crippen LogP contribution in [0.15, 0.2) is 82.8 Å². The van der Waals surface area contributed by atoms with Crippen molar-refractivity contribution in [1.29, 1.82) is 0 Å². The molecule has 7 nitrogen and oxygen atoms in total. The minimum absolute atomic E-state index is 0.0448. The molecule has 0 atom stereocenters. The van der Waals surface area contributed by atoms with Crippen LogP contribution in [0.4, 0.5) is 11.4 Å². The maximum absolute atomic E-state index is 13.3. The van der Waals surface area contributed by atoms with Crippen molar-refractivity contribution in [2.75, 3.05) is 21.9 Å². The molecule has 0 radical (unpaired) electrons. The van der Waals surface area contributed by atoms with E-state index in [0.717, 1.165) is 22.7 Å². The highest BCUT2D eigenvalue weighted by molar-refractivity contribution is 7.99. The van der Waals surface area contributed by atoms with Crippen LogP contribution in [0, 0.1) is 0 Å². The molecule has 4 rings (SSSR count). The van der Waals surface area contributed by atoms with Crippen molar-refractivity contribution >= 4 is 61.7 Å². The largest absolute Gasteiger partial charge is 0.324 e. The molecule has 0 fully saturated rings. The molecule has 0 saturated carbocycles. The zero-order valence-electron chi connectivity index (χ0n) is 19.3. The van der Waals surface area contributed by atoms with E-state index in [1.54, 1.807) is 31.2 Å². The van der Waals surface area contributed by atoms with E-state index in [-0.39, 0.29) is 33.8 Å². The number of rotatable bonds is 9. The van der Waals surface area contributed by atoms with Crippen LogP contribution in [0.3, 0.4) is 0 Å². The minimum Gasteiger partial charge on any atom is -0.324 e. The second kappa shape index (κ2) is 10.7. The number of aryl methyl sites for hydroxylation is 1. The Hall–Kier alpha value is -3.01. The van der Waals surface area contributed by atoms with Crippen LogP contribution in [0.2, 0.25) is 5.02 Å². The van der Waals surface area contributed by atoms with Crippen molar-refractivity contribution in [3.05, 3.63) is 77.8 Å². The summed E-state index contributed by atoms with van der Waals surface area (Å²) in [4.78, 5) is 17.4. The Bertz CT molecular complexity index is 1460. The number of hydrogen-bond donors (Lipinski definition) is 1. The molecule has 182 valence electrons. The van der Waals surface area contributed by atoms with Crippen LogP contribution in [0.5, 0.6) is 0 Å². The zero-order valence-corrected chi connectivity index (χ0v) is 21.7. The van der Waals surface area contributed by atoms with E-state index in [1.807, 2.05) is 37.3 Å². The Morgan fingerprint density at radius 1 is 1.06 bits per heavy atom. The molecule has 0 bridgehead atoms. The number of carbonyl (C=O) groups excluding carboxylic acids is 1. The first-order chi connectivity index (χ1) is 16.8. The van der Waals surface area contributed by atoms with Gasteiger partial charge in [-0.3, -0.25) is 9.10 Å². The van der Waals surface area contributed by atoms with Crippen LogP contribution in [-0.4, -0.2) is 36.2 Å². The summed E-state index contributed by atoms with van der Waals surface area (Å²) in [6.45, 7) is 4.78. The predicted molar refractivity (Wildman–Crippen MR) is 143 cm³/mol. The zero-order chi connectivity index (χ0) is 25.0. The monoisotopic (exact) mass is 528 g/mol. The van der Waals surface area contributed by atoms with Gasteiger partial charge in [-0.05, 0) is 56.3 Å². The second-order valence-corrected chi connectivity index (χ2v) is 10.8. The van der Waals surface area contributed by atoms with Crippen molar-refractivity contribution in [3.8, 4) is 0 Å². The summed E-state index contributed by atoms with van der Waals surface area (Å²) < 4.78 is 30.0. The third kappa shape index (κ3) is 5.32. The van der Waals surface area contributed by atoms with Gasteiger partial charge in [-0.25, -0.2) is 13.4 Å². The van der Waals surface area contributed by atoms with Gasteiger partial charge in [0, 0.05) is 13.1 Å². The lowest BCUT2D eigenvalue weighted by Crippen LogP contribution is -2.30. The van der Waals surface area contributed by atoms with E-state index in [2.05, 4.69) is 14.9 Å². The van der Waals surface area contributed by atoms with E-state index in [9.17, 15) is 13.2 Å². The maximum atomic E-state index is 13.3. The Morgan fingerprint density at radius 3 is 2.49 bits per heavy atom. The molecule has 0 saturated heterocycles. The van der Waals surface area contributed by atoms with Gasteiger partial charge in [0.05, 0.1) is 38.1 Å². The molecule has 10 heteroatoms. The van der Waals surface area contributed by atoms with Crippen molar-refractivity contribution in [2.24, 2.45) is 0 Å². The molecule has 0 aliphatic rings. The van der Waals surface area contributed by atoms with Crippen LogP contribution >= 0.6 is 23.4 Å². The van der Waals surface area contributed by atoms with Gasteiger partial charge in [0.25, 0.3) is 10.0 Å². The van der Waals surface area contributed by atoms with Crippen molar-refractivity contribution in [2.45, 2.75) is 30.4 Å². The lowest BCUT2D eigenvalue weighted by atomic mass is 10.3. The molecule has 1 heterocycles. The van der Waals surface area contributed by atoms with Crippen LogP contribution < -0.4 is 9.62 Å². The van der Waals surface area contributed by atoms with Gasteiger partial charge in [0.2, 0.25) is 5.91 Å². The maximum Gasteiger partial charge on any atom is 0.264 e. The Labute approximate surface area is 214 Å². The summed E-state index contributed by atoms with van der Waals surface area (Å²) in [5.74, 6) is -0.210. The van der Waals surface area contributed by atoms with Crippen LogP contribution in [-0.2, 0) is 21.4 Å². The standard InChI is InChI=1S/C25H25ClN4O3S2/c1-3-29-23-13-9-8-12-21(23)28-25(29)34-17-24(31)27-22-16-19(14-15-20(22)26)35(32,33)30(4-2)18-10-6-5-7-11-18/h5-16H,3-4,17H2,1-2H3,(H,27,31). The number of anilines is 2. The Kier molecular flexibility index (Phi) is 7.69. The number of carbonyl (C=O) groups is 1. The Morgan fingerprint density at radius 2 is 1.77 bits per heavy atom. The van der Waals surface area contributed by atoms with Gasteiger partial charge in [0.15, 0.2) is 5.16 Å². The Balaban J connectivity index is 1.52. The van der Waals surface area contributed by atoms with E-state index in [0.29, 0.717) is 5.69 Å². The van der Waals surface area contributed by atoms with E-state index in [4.69, 9.17) is 11.6 Å². The number of benzene rings is 3. The molecule has 3 aromatic carbocycles. The number of hydrogen-bond acceptors (Lipinski definition) is 5. The highest BCUT2D eigenvalue weighted by Gasteiger charge is 2.24. The van der Waals surface area contributed by atoms with Gasteiger partial charge < -0.3 is 9.88 Å². The number of aromatic nitrogens is 2. The van der Waals surface area contributed by atoms with Crippen molar-refractivity contribution in [3.63, 3.8) is 0 Å². The number of imidazole rings is 1. The summed E-state index contributed by atoms with van der Waals surface area (Å²) in [6.07, 6.45) is 0. The lowest BCUT2D eigenvalue weighted by molar-refractivity contribution is -0.113. The van der Waals surface area contributed by atoms with Crippen molar-refractivity contribution in [1.82, 2.24) is 9.55 Å². The number of fused-ring (bicyclic) bond motifs is 1. The van der Waals surface area contributed by atoms with Gasteiger partial charge >= 0.3 is 0 Å². The van der Waals surface area contributed by atoms with Crippen LogP contribution in [0.25, 0.3) is 11.0 Å². The fraction of sp³-hybridized carbons (Fsp3) is 0.200. The van der Waals surface area contributed by atoms with E-state index >= 15 is 0 Å². The molecule has 4 aromatic rings. The van der Waals surface area contributed by atoms with Gasteiger partial charge in [-0.1, -0.05) is 53.7 Å². The van der Waals surface area contributed by atoms with E-state index in [1.165, 1.54) is 34.3 Å². The number of para-hydroxylation sites is 3. The number of sulfonamides is 1. The topological polar surface area (TPSA) is 84.3 Å². The summed E-state index contributed by atoms with van der Waals surface area (Å²) in [7, 11) is -3.85. The molecule has 1 amide bonds. The first-order valence-corrected chi connectivity index (χ1v) is 13.9. The predicted octanol–water partition coefficient (Wildman–Crippen LogP) is 5.66. The molecule has 0 unspecified atom stereocenters. The third-order valence-corrected chi connectivity index (χ3v) is 8.60. The summed E-state index contributed by atoms with van der Waals surface area (Å²) in [5, 5.41) is 3.75. The third-order valence-electron chi connectivity index (χ3n) is 5.40. The van der Waals surface area contributed by atoms with E-state index < -0.39 is 10.0 Å². The van der Waals surface area contributed by atoms with Gasteiger partial charge in [-0.2, -0.15) is 0 Å². The quantitative estimate of drug-likeness (QED) is 0.283. The molecular formula is C25H25ClN4O3S2. The fourth-order valence-electron chi connectivity index (χ4n) is 3.76. The number of amides is 1. The minimum atomic E-state index is -3.85.